The van der Waals surface area contributed by atoms with Gasteiger partial charge in [0.2, 0.25) is 15.9 Å². The van der Waals surface area contributed by atoms with Crippen molar-refractivity contribution < 1.29 is 17.9 Å². The number of piperidine rings is 1. The first kappa shape index (κ1) is 14.9. The summed E-state index contributed by atoms with van der Waals surface area (Å²) in [4.78, 5) is 11.8. The molecule has 0 aromatic heterocycles. The van der Waals surface area contributed by atoms with Crippen LogP contribution in [0.5, 0.6) is 0 Å². The quantitative estimate of drug-likeness (QED) is 0.790. The van der Waals surface area contributed by atoms with Gasteiger partial charge in [0.25, 0.3) is 0 Å². The predicted octanol–water partition coefficient (Wildman–Crippen LogP) is 0.342. The molecular formula is C15H24N2O4S. The van der Waals surface area contributed by atoms with Crippen LogP contribution in [-0.2, 0) is 19.6 Å². The molecule has 4 fully saturated rings. The summed E-state index contributed by atoms with van der Waals surface area (Å²) in [7, 11) is -3.10. The highest BCUT2D eigenvalue weighted by Crippen LogP contribution is 2.38. The summed E-state index contributed by atoms with van der Waals surface area (Å²) in [6.07, 6.45) is 4.45. The molecule has 0 aromatic rings. The smallest absolute Gasteiger partial charge is 0.223 e. The number of ether oxygens (including phenoxy) is 1. The number of hydrogen-bond acceptors (Lipinski definition) is 4. The molecule has 1 N–H and O–H groups in total. The van der Waals surface area contributed by atoms with Gasteiger partial charge in [0.15, 0.2) is 0 Å². The maximum atomic E-state index is 12.4. The first-order valence-electron chi connectivity index (χ1n) is 8.44. The van der Waals surface area contributed by atoms with E-state index >= 15 is 0 Å². The standard InChI is InChI=1S/C15H24N2O4S/c18-15(10-1-2-10)16-7-14-13-8-17(6-5-11(13)9-21-14)22(19,20)12-3-4-12/h10-14H,1-9H2,(H,16,18)/t11-,13-,14+/m0/s1. The van der Waals surface area contributed by atoms with E-state index in [-0.39, 0.29) is 29.1 Å². The maximum absolute atomic E-state index is 12.4. The summed E-state index contributed by atoms with van der Waals surface area (Å²) in [5, 5.41) is 2.84. The van der Waals surface area contributed by atoms with Crippen LogP contribution < -0.4 is 5.32 Å². The summed E-state index contributed by atoms with van der Waals surface area (Å²) in [6.45, 7) is 2.41. The lowest BCUT2D eigenvalue weighted by atomic mass is 9.85. The Morgan fingerprint density at radius 3 is 2.64 bits per heavy atom. The summed E-state index contributed by atoms with van der Waals surface area (Å²) < 4.78 is 32.4. The van der Waals surface area contributed by atoms with Crippen LogP contribution in [0.1, 0.15) is 32.1 Å². The zero-order valence-corrected chi connectivity index (χ0v) is 13.6. The van der Waals surface area contributed by atoms with E-state index in [0.717, 1.165) is 32.1 Å². The summed E-state index contributed by atoms with van der Waals surface area (Å²) in [6, 6.07) is 0. The average molecular weight is 328 g/mol. The predicted molar refractivity (Wildman–Crippen MR) is 80.6 cm³/mol. The topological polar surface area (TPSA) is 75.7 Å². The number of hydrogen-bond donors (Lipinski definition) is 1. The van der Waals surface area contributed by atoms with Crippen LogP contribution in [0.3, 0.4) is 0 Å². The van der Waals surface area contributed by atoms with Gasteiger partial charge in [-0.2, -0.15) is 0 Å². The third-order valence-electron chi connectivity index (χ3n) is 5.50. The molecule has 7 heteroatoms. The monoisotopic (exact) mass is 328 g/mol. The van der Waals surface area contributed by atoms with Gasteiger partial charge in [-0.3, -0.25) is 4.79 Å². The Balaban J connectivity index is 1.37. The van der Waals surface area contributed by atoms with Crippen molar-refractivity contribution in [2.75, 3.05) is 26.2 Å². The summed E-state index contributed by atoms with van der Waals surface area (Å²) in [5.74, 6) is 0.996. The zero-order chi connectivity index (χ0) is 15.3. The van der Waals surface area contributed by atoms with Crippen molar-refractivity contribution in [3.63, 3.8) is 0 Å². The molecular weight excluding hydrogens is 304 g/mol. The molecule has 0 spiro atoms. The minimum atomic E-state index is -3.10. The fourth-order valence-corrected chi connectivity index (χ4v) is 5.60. The SMILES string of the molecule is O=C(NC[C@H]1OC[C@@H]2CCN(S(=O)(=O)C3CC3)C[C@@H]21)C1CC1. The molecule has 2 saturated carbocycles. The van der Waals surface area contributed by atoms with E-state index in [1.807, 2.05) is 0 Å². The molecule has 2 saturated heterocycles. The Bertz CT molecular complexity index is 556. The van der Waals surface area contributed by atoms with Gasteiger partial charge in [-0.15, -0.1) is 0 Å². The second kappa shape index (κ2) is 5.46. The average Bonchev–Trinajstić information content (AvgIpc) is 3.39. The molecule has 22 heavy (non-hydrogen) atoms. The first-order chi connectivity index (χ1) is 10.6. The highest BCUT2D eigenvalue weighted by molar-refractivity contribution is 7.90. The lowest BCUT2D eigenvalue weighted by Gasteiger charge is -2.35. The summed E-state index contributed by atoms with van der Waals surface area (Å²) >= 11 is 0. The van der Waals surface area contributed by atoms with Crippen LogP contribution in [-0.4, -0.2) is 56.2 Å². The van der Waals surface area contributed by atoms with E-state index in [1.54, 1.807) is 4.31 Å². The molecule has 0 radical (unpaired) electrons. The van der Waals surface area contributed by atoms with Crippen LogP contribution >= 0.6 is 0 Å². The number of nitrogens with zero attached hydrogens (tertiary/aromatic N) is 1. The Labute approximate surface area is 131 Å². The highest BCUT2D eigenvalue weighted by atomic mass is 32.2. The second-order valence-electron chi connectivity index (χ2n) is 7.21. The zero-order valence-electron chi connectivity index (χ0n) is 12.7. The number of fused-ring (bicyclic) bond motifs is 1. The lowest BCUT2D eigenvalue weighted by molar-refractivity contribution is -0.122. The molecule has 1 amide bonds. The largest absolute Gasteiger partial charge is 0.376 e. The van der Waals surface area contributed by atoms with E-state index < -0.39 is 10.0 Å². The van der Waals surface area contributed by atoms with Gasteiger partial charge in [-0.1, -0.05) is 0 Å². The maximum Gasteiger partial charge on any atom is 0.223 e. The molecule has 2 aliphatic heterocycles. The molecule has 2 heterocycles. The van der Waals surface area contributed by atoms with Gasteiger partial charge in [0, 0.05) is 31.5 Å². The second-order valence-corrected chi connectivity index (χ2v) is 9.42. The van der Waals surface area contributed by atoms with Crippen molar-refractivity contribution in [1.29, 1.82) is 0 Å². The van der Waals surface area contributed by atoms with Gasteiger partial charge in [0.05, 0.1) is 18.0 Å². The molecule has 4 rings (SSSR count). The van der Waals surface area contributed by atoms with Crippen LogP contribution in [0.25, 0.3) is 0 Å². The molecule has 0 bridgehead atoms. The van der Waals surface area contributed by atoms with Crippen LogP contribution in [0.4, 0.5) is 0 Å². The van der Waals surface area contributed by atoms with Crippen LogP contribution in [0.15, 0.2) is 0 Å². The van der Waals surface area contributed by atoms with Crippen molar-refractivity contribution in [3.8, 4) is 0 Å². The Morgan fingerprint density at radius 2 is 1.95 bits per heavy atom. The number of carbonyl (C=O) groups excluding carboxylic acids is 1. The molecule has 0 aromatic carbocycles. The minimum absolute atomic E-state index is 0.0371. The van der Waals surface area contributed by atoms with Crippen LogP contribution in [0.2, 0.25) is 0 Å². The molecule has 2 aliphatic carbocycles. The third kappa shape index (κ3) is 2.78. The van der Waals surface area contributed by atoms with Gasteiger partial charge in [0.1, 0.15) is 0 Å². The van der Waals surface area contributed by atoms with Crippen molar-refractivity contribution in [2.45, 2.75) is 43.5 Å². The lowest BCUT2D eigenvalue weighted by Crippen LogP contribution is -2.48. The van der Waals surface area contributed by atoms with Gasteiger partial charge in [-0.05, 0) is 38.0 Å². The van der Waals surface area contributed by atoms with E-state index in [4.69, 9.17) is 4.74 Å². The molecule has 4 aliphatic rings. The molecule has 0 unspecified atom stereocenters. The van der Waals surface area contributed by atoms with E-state index in [2.05, 4.69) is 5.32 Å². The van der Waals surface area contributed by atoms with Crippen molar-refractivity contribution in [3.05, 3.63) is 0 Å². The van der Waals surface area contributed by atoms with E-state index in [0.29, 0.717) is 32.2 Å². The number of carbonyl (C=O) groups is 1. The Kier molecular flexibility index (Phi) is 3.70. The molecule has 3 atom stereocenters. The minimum Gasteiger partial charge on any atom is -0.376 e. The van der Waals surface area contributed by atoms with Gasteiger partial charge >= 0.3 is 0 Å². The van der Waals surface area contributed by atoms with Gasteiger partial charge < -0.3 is 10.1 Å². The first-order valence-corrected chi connectivity index (χ1v) is 9.94. The fourth-order valence-electron chi connectivity index (χ4n) is 3.71. The van der Waals surface area contributed by atoms with Gasteiger partial charge in [-0.25, -0.2) is 12.7 Å². The third-order valence-corrected chi connectivity index (χ3v) is 7.87. The van der Waals surface area contributed by atoms with E-state index in [9.17, 15) is 13.2 Å². The normalized spacial score (nSPS) is 36.1. The highest BCUT2D eigenvalue weighted by Gasteiger charge is 2.47. The Hall–Kier alpha value is -0.660. The van der Waals surface area contributed by atoms with Crippen molar-refractivity contribution in [1.82, 2.24) is 9.62 Å². The molecule has 6 nitrogen and oxygen atoms in total. The number of rotatable bonds is 5. The number of sulfonamides is 1. The van der Waals surface area contributed by atoms with Crippen molar-refractivity contribution in [2.24, 2.45) is 17.8 Å². The van der Waals surface area contributed by atoms with Crippen molar-refractivity contribution >= 4 is 15.9 Å². The van der Waals surface area contributed by atoms with E-state index in [1.165, 1.54) is 0 Å². The summed E-state index contributed by atoms with van der Waals surface area (Å²) in [5.41, 5.74) is 0. The Morgan fingerprint density at radius 1 is 1.18 bits per heavy atom. The van der Waals surface area contributed by atoms with Crippen LogP contribution in [0, 0.1) is 17.8 Å². The fraction of sp³-hybridized carbons (Fsp3) is 0.933. The number of amides is 1. The number of nitrogens with one attached hydrogen (secondary N) is 1. The molecule has 124 valence electrons.